The van der Waals surface area contributed by atoms with E-state index in [1.807, 2.05) is 0 Å². The zero-order valence-corrected chi connectivity index (χ0v) is 16.8. The average Bonchev–Trinajstić information content (AvgIpc) is 2.99. The Kier molecular flexibility index (Phi) is 5.49. The standard InChI is InChI=1S/C18H15Cl2N3O4S/c1-10(11-4-8-14(9-5-11)28(21,26)27)23-17(12-2-6-13(19)7-3-12)15(20)16(22-23)18(24)25/h2-10H,1H3,(H,24,25)(H2,21,26,27). The van der Waals surface area contributed by atoms with Gasteiger partial charge in [-0.05, 0) is 36.8 Å². The fourth-order valence-corrected chi connectivity index (χ4v) is 3.73. The van der Waals surface area contributed by atoms with Gasteiger partial charge in [0.25, 0.3) is 0 Å². The first-order valence-electron chi connectivity index (χ1n) is 7.99. The summed E-state index contributed by atoms with van der Waals surface area (Å²) in [6.45, 7) is 1.79. The second-order valence-electron chi connectivity index (χ2n) is 6.06. The molecule has 1 aromatic heterocycles. The van der Waals surface area contributed by atoms with E-state index in [0.717, 1.165) is 0 Å². The third-order valence-electron chi connectivity index (χ3n) is 4.23. The van der Waals surface area contributed by atoms with Crippen molar-refractivity contribution in [2.45, 2.75) is 17.9 Å². The molecule has 1 unspecified atom stereocenters. The number of sulfonamides is 1. The van der Waals surface area contributed by atoms with Gasteiger partial charge in [-0.2, -0.15) is 5.10 Å². The summed E-state index contributed by atoms with van der Waals surface area (Å²) in [5.74, 6) is -1.25. The second-order valence-corrected chi connectivity index (χ2v) is 8.43. The minimum absolute atomic E-state index is 0.00262. The minimum Gasteiger partial charge on any atom is -0.476 e. The molecule has 0 fully saturated rings. The molecule has 0 bridgehead atoms. The molecule has 0 saturated carbocycles. The molecule has 0 radical (unpaired) electrons. The van der Waals surface area contributed by atoms with Crippen molar-refractivity contribution in [3.8, 4) is 11.3 Å². The average molecular weight is 440 g/mol. The molecule has 3 aromatic rings. The molecule has 0 aliphatic rings. The van der Waals surface area contributed by atoms with Gasteiger partial charge in [-0.15, -0.1) is 0 Å². The Balaban J connectivity index is 2.13. The first-order chi connectivity index (χ1) is 13.1. The molecule has 0 amide bonds. The number of aromatic nitrogens is 2. The van der Waals surface area contributed by atoms with Crippen molar-refractivity contribution in [2.24, 2.45) is 5.14 Å². The van der Waals surface area contributed by atoms with Crippen molar-refractivity contribution in [2.75, 3.05) is 0 Å². The predicted octanol–water partition coefficient (Wildman–Crippen LogP) is 3.81. The van der Waals surface area contributed by atoms with Gasteiger partial charge in [0.2, 0.25) is 10.0 Å². The number of carboxylic acid groups (broad SMARTS) is 1. The number of primary sulfonamides is 1. The lowest BCUT2D eigenvalue weighted by Crippen LogP contribution is -2.14. The summed E-state index contributed by atoms with van der Waals surface area (Å²) in [6, 6.07) is 12.3. The van der Waals surface area contributed by atoms with Gasteiger partial charge in [0, 0.05) is 10.6 Å². The Morgan fingerprint density at radius 3 is 2.18 bits per heavy atom. The molecule has 0 aliphatic carbocycles. The lowest BCUT2D eigenvalue weighted by molar-refractivity contribution is 0.0689. The van der Waals surface area contributed by atoms with Crippen molar-refractivity contribution in [1.29, 1.82) is 0 Å². The van der Waals surface area contributed by atoms with Crippen LogP contribution in [0.1, 0.15) is 29.0 Å². The van der Waals surface area contributed by atoms with Gasteiger partial charge in [-0.25, -0.2) is 18.4 Å². The SMILES string of the molecule is CC(c1ccc(S(N)(=O)=O)cc1)n1nc(C(=O)O)c(Cl)c1-c1ccc(Cl)cc1. The van der Waals surface area contributed by atoms with E-state index in [9.17, 15) is 18.3 Å². The highest BCUT2D eigenvalue weighted by Gasteiger charge is 2.25. The van der Waals surface area contributed by atoms with Crippen molar-refractivity contribution in [1.82, 2.24) is 9.78 Å². The van der Waals surface area contributed by atoms with Crippen molar-refractivity contribution in [3.05, 3.63) is 69.8 Å². The number of aromatic carboxylic acids is 1. The van der Waals surface area contributed by atoms with E-state index in [4.69, 9.17) is 28.3 Å². The van der Waals surface area contributed by atoms with Crippen molar-refractivity contribution >= 4 is 39.2 Å². The Bertz CT molecular complexity index is 1140. The number of nitrogens with zero attached hydrogens (tertiary/aromatic N) is 2. The van der Waals surface area contributed by atoms with E-state index < -0.39 is 22.0 Å². The highest BCUT2D eigenvalue weighted by Crippen LogP contribution is 2.35. The third-order valence-corrected chi connectivity index (χ3v) is 5.77. The Morgan fingerprint density at radius 1 is 1.11 bits per heavy atom. The predicted molar refractivity (Wildman–Crippen MR) is 106 cm³/mol. The molecule has 0 spiro atoms. The van der Waals surface area contributed by atoms with E-state index in [0.29, 0.717) is 21.8 Å². The van der Waals surface area contributed by atoms with E-state index >= 15 is 0 Å². The zero-order chi connectivity index (χ0) is 20.6. The highest BCUT2D eigenvalue weighted by atomic mass is 35.5. The quantitative estimate of drug-likeness (QED) is 0.626. The van der Waals surface area contributed by atoms with E-state index in [2.05, 4.69) is 5.10 Å². The number of hydrogen-bond donors (Lipinski definition) is 2. The fourth-order valence-electron chi connectivity index (χ4n) is 2.78. The van der Waals surface area contributed by atoms with Crippen LogP contribution in [0.5, 0.6) is 0 Å². The molecule has 146 valence electrons. The van der Waals surface area contributed by atoms with Crippen LogP contribution < -0.4 is 5.14 Å². The zero-order valence-electron chi connectivity index (χ0n) is 14.5. The van der Waals surface area contributed by atoms with Crippen LogP contribution in [0.15, 0.2) is 53.4 Å². The summed E-state index contributed by atoms with van der Waals surface area (Å²) in [7, 11) is -3.81. The van der Waals surface area contributed by atoms with Crippen molar-refractivity contribution < 1.29 is 18.3 Å². The number of nitrogens with two attached hydrogens (primary N) is 1. The first-order valence-corrected chi connectivity index (χ1v) is 10.3. The second kappa shape index (κ2) is 7.56. The summed E-state index contributed by atoms with van der Waals surface area (Å²) in [4.78, 5) is 11.5. The molecule has 7 nitrogen and oxygen atoms in total. The highest BCUT2D eigenvalue weighted by molar-refractivity contribution is 7.89. The van der Waals surface area contributed by atoms with Gasteiger partial charge in [0.05, 0.1) is 16.6 Å². The number of benzene rings is 2. The minimum atomic E-state index is -3.81. The van der Waals surface area contributed by atoms with Crippen LogP contribution in [0.4, 0.5) is 0 Å². The maximum atomic E-state index is 11.5. The number of hydrogen-bond acceptors (Lipinski definition) is 4. The Morgan fingerprint density at radius 2 is 1.68 bits per heavy atom. The first kappa shape index (κ1) is 20.3. The van der Waals surface area contributed by atoms with Crippen LogP contribution in [0.25, 0.3) is 11.3 Å². The number of carbonyl (C=O) groups is 1. The molecule has 1 heterocycles. The van der Waals surface area contributed by atoms with E-state index in [-0.39, 0.29) is 15.6 Å². The van der Waals surface area contributed by atoms with Gasteiger partial charge in [0.1, 0.15) is 5.02 Å². The van der Waals surface area contributed by atoms with Gasteiger partial charge in [0.15, 0.2) is 5.69 Å². The lowest BCUT2D eigenvalue weighted by Gasteiger charge is -2.17. The molecule has 2 aromatic carbocycles. The van der Waals surface area contributed by atoms with Crippen molar-refractivity contribution in [3.63, 3.8) is 0 Å². The van der Waals surface area contributed by atoms with Crippen LogP contribution in [-0.2, 0) is 10.0 Å². The fraction of sp³-hybridized carbons (Fsp3) is 0.111. The smallest absolute Gasteiger partial charge is 0.358 e. The maximum absolute atomic E-state index is 11.5. The topological polar surface area (TPSA) is 115 Å². The van der Waals surface area contributed by atoms with Gasteiger partial charge < -0.3 is 5.11 Å². The summed E-state index contributed by atoms with van der Waals surface area (Å²) < 4.78 is 24.4. The molecule has 3 rings (SSSR count). The number of carboxylic acids is 1. The Labute approximate surface area is 171 Å². The normalized spacial score (nSPS) is 12.7. The molecular formula is C18H15Cl2N3O4S. The van der Waals surface area contributed by atoms with Crippen LogP contribution >= 0.6 is 23.2 Å². The lowest BCUT2D eigenvalue weighted by atomic mass is 10.1. The van der Waals surface area contributed by atoms with Crippen LogP contribution in [0.3, 0.4) is 0 Å². The largest absolute Gasteiger partial charge is 0.476 e. The molecule has 0 saturated heterocycles. The van der Waals surface area contributed by atoms with Gasteiger partial charge in [-0.1, -0.05) is 47.5 Å². The monoisotopic (exact) mass is 439 g/mol. The Hall–Kier alpha value is -2.39. The van der Waals surface area contributed by atoms with E-state index in [1.165, 1.54) is 16.8 Å². The molecule has 3 N–H and O–H groups in total. The maximum Gasteiger partial charge on any atom is 0.358 e. The number of halogens is 2. The molecular weight excluding hydrogens is 425 g/mol. The van der Waals surface area contributed by atoms with Crippen LogP contribution in [0, 0.1) is 0 Å². The third kappa shape index (κ3) is 3.90. The molecule has 10 heteroatoms. The number of rotatable bonds is 5. The summed E-state index contributed by atoms with van der Waals surface area (Å²) in [5.41, 5.74) is 1.47. The molecule has 1 atom stereocenters. The molecule has 0 aliphatic heterocycles. The summed E-state index contributed by atoms with van der Waals surface area (Å²) >= 11 is 12.3. The summed E-state index contributed by atoms with van der Waals surface area (Å²) in [6.07, 6.45) is 0. The van der Waals surface area contributed by atoms with Crippen LogP contribution in [0.2, 0.25) is 10.0 Å². The van der Waals surface area contributed by atoms with E-state index in [1.54, 1.807) is 43.3 Å². The van der Waals surface area contributed by atoms with Crippen LogP contribution in [-0.4, -0.2) is 29.3 Å². The van der Waals surface area contributed by atoms with Gasteiger partial charge in [-0.3, -0.25) is 4.68 Å². The summed E-state index contributed by atoms with van der Waals surface area (Å²) in [5, 5.41) is 19.2. The van der Waals surface area contributed by atoms with Gasteiger partial charge >= 0.3 is 5.97 Å². The molecule has 28 heavy (non-hydrogen) atoms.